The minimum absolute atomic E-state index is 0.704. The molecule has 0 spiro atoms. The molecule has 2 N–H and O–H groups in total. The van der Waals surface area contributed by atoms with Crippen molar-refractivity contribution in [2.45, 2.75) is 52.1 Å². The standard InChI is InChI=1S/C18H31N5/c1-15-8-6-10-20-17(15)14-22-18(19-3)21-11-7-13-23-12-5-4-9-16(23)2/h6,8,10,16H,4-5,7,9,11-14H2,1-3H3,(H2,19,21,22). The maximum absolute atomic E-state index is 4.40. The van der Waals surface area contributed by atoms with Crippen molar-refractivity contribution in [3.63, 3.8) is 0 Å². The SMILES string of the molecule is CN=C(NCCCN1CCCCC1C)NCc1ncccc1C. The molecular weight excluding hydrogens is 286 g/mol. The summed E-state index contributed by atoms with van der Waals surface area (Å²) >= 11 is 0. The highest BCUT2D eigenvalue weighted by Gasteiger charge is 2.17. The van der Waals surface area contributed by atoms with E-state index < -0.39 is 0 Å². The summed E-state index contributed by atoms with van der Waals surface area (Å²) in [5, 5.41) is 6.73. The maximum Gasteiger partial charge on any atom is 0.191 e. The van der Waals surface area contributed by atoms with Crippen molar-refractivity contribution < 1.29 is 0 Å². The fourth-order valence-electron chi connectivity index (χ4n) is 3.07. The highest BCUT2D eigenvalue weighted by atomic mass is 15.2. The third-order valence-electron chi connectivity index (χ3n) is 4.62. The van der Waals surface area contributed by atoms with E-state index in [2.05, 4.69) is 45.4 Å². The lowest BCUT2D eigenvalue weighted by Gasteiger charge is -2.33. The minimum atomic E-state index is 0.704. The van der Waals surface area contributed by atoms with E-state index in [1.54, 1.807) is 0 Å². The van der Waals surface area contributed by atoms with Gasteiger partial charge in [-0.25, -0.2) is 0 Å². The van der Waals surface area contributed by atoms with Crippen LogP contribution in [0.5, 0.6) is 0 Å². The molecule has 23 heavy (non-hydrogen) atoms. The van der Waals surface area contributed by atoms with Crippen molar-refractivity contribution in [1.29, 1.82) is 0 Å². The van der Waals surface area contributed by atoms with Gasteiger partial charge in [-0.3, -0.25) is 9.98 Å². The van der Waals surface area contributed by atoms with E-state index in [0.29, 0.717) is 6.54 Å². The summed E-state index contributed by atoms with van der Waals surface area (Å²) < 4.78 is 0. The second-order valence-corrected chi connectivity index (χ2v) is 6.35. The lowest BCUT2D eigenvalue weighted by atomic mass is 10.0. The molecule has 1 aromatic heterocycles. The quantitative estimate of drug-likeness (QED) is 0.480. The number of rotatable bonds is 6. The summed E-state index contributed by atoms with van der Waals surface area (Å²) in [7, 11) is 1.81. The van der Waals surface area contributed by atoms with Gasteiger partial charge in [0.1, 0.15) is 0 Å². The first kappa shape index (κ1) is 17.7. The topological polar surface area (TPSA) is 52.6 Å². The fourth-order valence-corrected chi connectivity index (χ4v) is 3.07. The summed E-state index contributed by atoms with van der Waals surface area (Å²) in [6.45, 7) is 8.51. The lowest BCUT2D eigenvalue weighted by Crippen LogP contribution is -2.41. The number of guanidine groups is 1. The van der Waals surface area contributed by atoms with Crippen LogP contribution in [0.1, 0.15) is 43.9 Å². The van der Waals surface area contributed by atoms with Crippen molar-refractivity contribution >= 4 is 5.96 Å². The molecule has 1 unspecified atom stereocenters. The highest BCUT2D eigenvalue weighted by molar-refractivity contribution is 5.79. The van der Waals surface area contributed by atoms with Crippen LogP contribution in [-0.4, -0.2) is 48.6 Å². The van der Waals surface area contributed by atoms with Crippen LogP contribution in [0, 0.1) is 6.92 Å². The second-order valence-electron chi connectivity index (χ2n) is 6.35. The van der Waals surface area contributed by atoms with E-state index >= 15 is 0 Å². The molecular formula is C18H31N5. The van der Waals surface area contributed by atoms with Gasteiger partial charge in [0.15, 0.2) is 5.96 Å². The van der Waals surface area contributed by atoms with Gasteiger partial charge in [0, 0.05) is 32.4 Å². The summed E-state index contributed by atoms with van der Waals surface area (Å²) in [6.07, 6.45) is 7.07. The van der Waals surface area contributed by atoms with E-state index in [0.717, 1.165) is 30.7 Å². The van der Waals surface area contributed by atoms with E-state index in [-0.39, 0.29) is 0 Å². The largest absolute Gasteiger partial charge is 0.356 e. The Bertz CT molecular complexity index is 500. The van der Waals surface area contributed by atoms with Crippen LogP contribution >= 0.6 is 0 Å². The van der Waals surface area contributed by atoms with Crippen molar-refractivity contribution in [1.82, 2.24) is 20.5 Å². The molecule has 2 rings (SSSR count). The maximum atomic E-state index is 4.40. The minimum Gasteiger partial charge on any atom is -0.356 e. The molecule has 128 valence electrons. The molecule has 5 heteroatoms. The van der Waals surface area contributed by atoms with Gasteiger partial charge in [0.05, 0.1) is 12.2 Å². The zero-order valence-electron chi connectivity index (χ0n) is 14.8. The number of nitrogens with zero attached hydrogens (tertiary/aromatic N) is 3. The smallest absolute Gasteiger partial charge is 0.191 e. The van der Waals surface area contributed by atoms with Gasteiger partial charge in [-0.05, 0) is 51.3 Å². The molecule has 0 aliphatic carbocycles. The molecule has 0 amide bonds. The Balaban J connectivity index is 1.66. The van der Waals surface area contributed by atoms with Crippen LogP contribution in [0.25, 0.3) is 0 Å². The molecule has 1 fully saturated rings. The highest BCUT2D eigenvalue weighted by Crippen LogP contribution is 2.15. The van der Waals surface area contributed by atoms with E-state index in [9.17, 15) is 0 Å². The molecule has 1 aliphatic rings. The van der Waals surface area contributed by atoms with Gasteiger partial charge >= 0.3 is 0 Å². The van der Waals surface area contributed by atoms with Crippen LogP contribution in [0.3, 0.4) is 0 Å². The number of hydrogen-bond donors (Lipinski definition) is 2. The van der Waals surface area contributed by atoms with Crippen LogP contribution in [0.15, 0.2) is 23.3 Å². The van der Waals surface area contributed by atoms with Gasteiger partial charge in [-0.1, -0.05) is 12.5 Å². The van der Waals surface area contributed by atoms with Crippen molar-refractivity contribution in [3.05, 3.63) is 29.6 Å². The summed E-state index contributed by atoms with van der Waals surface area (Å²) in [6, 6.07) is 4.79. The average molecular weight is 317 g/mol. The second kappa shape index (κ2) is 9.50. The number of pyridine rings is 1. The summed E-state index contributed by atoms with van der Waals surface area (Å²) in [5.74, 6) is 0.849. The van der Waals surface area contributed by atoms with Crippen molar-refractivity contribution in [3.8, 4) is 0 Å². The Morgan fingerprint density at radius 1 is 1.39 bits per heavy atom. The predicted octanol–water partition coefficient (Wildman–Crippen LogP) is 2.32. The summed E-state index contributed by atoms with van der Waals surface area (Å²) in [5.41, 5.74) is 2.27. The van der Waals surface area contributed by atoms with E-state index in [1.165, 1.54) is 37.9 Å². The molecule has 1 aliphatic heterocycles. The Labute approximate surface area is 140 Å². The predicted molar refractivity (Wildman–Crippen MR) is 96.7 cm³/mol. The van der Waals surface area contributed by atoms with Crippen LogP contribution in [0.2, 0.25) is 0 Å². The Kier molecular flexibility index (Phi) is 7.33. The Hall–Kier alpha value is -1.62. The molecule has 5 nitrogen and oxygen atoms in total. The van der Waals surface area contributed by atoms with Gasteiger partial charge in [-0.15, -0.1) is 0 Å². The average Bonchev–Trinajstić information content (AvgIpc) is 2.57. The van der Waals surface area contributed by atoms with Crippen molar-refractivity contribution in [2.75, 3.05) is 26.7 Å². The molecule has 0 bridgehead atoms. The van der Waals surface area contributed by atoms with Crippen molar-refractivity contribution in [2.24, 2.45) is 4.99 Å². The number of aromatic nitrogens is 1. The van der Waals surface area contributed by atoms with Gasteiger partial charge < -0.3 is 15.5 Å². The van der Waals surface area contributed by atoms with Crippen LogP contribution in [-0.2, 0) is 6.54 Å². The lowest BCUT2D eigenvalue weighted by molar-refractivity contribution is 0.159. The van der Waals surface area contributed by atoms with Crippen LogP contribution in [0.4, 0.5) is 0 Å². The van der Waals surface area contributed by atoms with Crippen LogP contribution < -0.4 is 10.6 Å². The first-order valence-corrected chi connectivity index (χ1v) is 8.79. The Morgan fingerprint density at radius 2 is 2.26 bits per heavy atom. The monoisotopic (exact) mass is 317 g/mol. The molecule has 2 heterocycles. The zero-order chi connectivity index (χ0) is 16.5. The fraction of sp³-hybridized carbons (Fsp3) is 0.667. The molecule has 1 aromatic rings. The number of hydrogen-bond acceptors (Lipinski definition) is 3. The number of piperidine rings is 1. The number of likely N-dealkylation sites (tertiary alicyclic amines) is 1. The number of aliphatic imine (C=N–C) groups is 1. The van der Waals surface area contributed by atoms with E-state index in [1.807, 2.05) is 19.3 Å². The molecule has 0 aromatic carbocycles. The zero-order valence-corrected chi connectivity index (χ0v) is 14.8. The first-order valence-electron chi connectivity index (χ1n) is 8.79. The van der Waals surface area contributed by atoms with Gasteiger partial charge in [-0.2, -0.15) is 0 Å². The third-order valence-corrected chi connectivity index (χ3v) is 4.62. The summed E-state index contributed by atoms with van der Waals surface area (Å²) in [4.78, 5) is 11.3. The van der Waals surface area contributed by atoms with E-state index in [4.69, 9.17) is 0 Å². The normalized spacial score (nSPS) is 19.6. The van der Waals surface area contributed by atoms with Gasteiger partial charge in [0.2, 0.25) is 0 Å². The molecule has 1 atom stereocenters. The molecule has 1 saturated heterocycles. The first-order chi connectivity index (χ1) is 11.2. The van der Waals surface area contributed by atoms with Gasteiger partial charge in [0.25, 0.3) is 0 Å². The molecule has 0 radical (unpaired) electrons. The number of nitrogens with one attached hydrogen (secondary N) is 2. The third kappa shape index (κ3) is 5.82. The molecule has 0 saturated carbocycles. The Morgan fingerprint density at radius 3 is 3.00 bits per heavy atom. The number of aryl methyl sites for hydroxylation is 1.